The van der Waals surface area contributed by atoms with Crippen LogP contribution < -0.4 is 11.5 Å². The van der Waals surface area contributed by atoms with Crippen molar-refractivity contribution in [2.75, 3.05) is 11.5 Å². The summed E-state index contributed by atoms with van der Waals surface area (Å²) < 4.78 is 24.5. The van der Waals surface area contributed by atoms with E-state index in [0.29, 0.717) is 6.07 Å². The summed E-state index contributed by atoms with van der Waals surface area (Å²) in [5.41, 5.74) is 9.71. The van der Waals surface area contributed by atoms with Crippen molar-refractivity contribution in [1.82, 2.24) is 4.98 Å². The second-order valence-corrected chi connectivity index (χ2v) is 1.73. The Morgan fingerprint density at radius 1 is 1.30 bits per heavy atom. The van der Waals surface area contributed by atoms with Crippen LogP contribution >= 0.6 is 0 Å². The lowest BCUT2D eigenvalue weighted by Gasteiger charge is -1.98. The maximum atomic E-state index is 12.4. The van der Waals surface area contributed by atoms with E-state index >= 15 is 0 Å². The molecule has 0 spiro atoms. The van der Waals surface area contributed by atoms with Gasteiger partial charge in [-0.2, -0.15) is 4.39 Å². The fraction of sp³-hybridized carbons (Fsp3) is 0. The molecule has 3 nitrogen and oxygen atoms in total. The molecule has 0 aliphatic rings. The molecule has 54 valence electrons. The molecule has 0 aliphatic heterocycles. The van der Waals surface area contributed by atoms with Gasteiger partial charge in [-0.15, -0.1) is 0 Å². The molecular weight excluding hydrogens is 140 g/mol. The van der Waals surface area contributed by atoms with Gasteiger partial charge in [0.2, 0.25) is 5.95 Å². The number of rotatable bonds is 0. The molecule has 0 aliphatic carbocycles. The normalized spacial score (nSPS) is 9.80. The van der Waals surface area contributed by atoms with Crippen molar-refractivity contribution in [3.8, 4) is 0 Å². The standard InChI is InChI=1S/C5H5F2N3/c6-2-1-3(7)10-5(9)4(2)8/h1H,8H2,(H2,9,10). The van der Waals surface area contributed by atoms with Crippen LogP contribution in [0.5, 0.6) is 0 Å². The van der Waals surface area contributed by atoms with Crippen LogP contribution in [0.25, 0.3) is 0 Å². The zero-order valence-corrected chi connectivity index (χ0v) is 4.94. The van der Waals surface area contributed by atoms with E-state index < -0.39 is 11.8 Å². The van der Waals surface area contributed by atoms with E-state index in [1.165, 1.54) is 0 Å². The molecule has 0 fully saturated rings. The quantitative estimate of drug-likeness (QED) is 0.523. The first-order valence-electron chi connectivity index (χ1n) is 2.48. The number of hydrogen-bond donors (Lipinski definition) is 2. The average Bonchev–Trinajstić information content (AvgIpc) is 1.82. The van der Waals surface area contributed by atoms with Crippen molar-refractivity contribution in [3.63, 3.8) is 0 Å². The second kappa shape index (κ2) is 2.09. The first kappa shape index (κ1) is 6.73. The summed E-state index contributed by atoms with van der Waals surface area (Å²) in [6.07, 6.45) is 0. The second-order valence-electron chi connectivity index (χ2n) is 1.73. The smallest absolute Gasteiger partial charge is 0.217 e. The van der Waals surface area contributed by atoms with Crippen molar-refractivity contribution in [3.05, 3.63) is 17.8 Å². The third kappa shape index (κ3) is 0.975. The molecule has 1 aromatic heterocycles. The van der Waals surface area contributed by atoms with Gasteiger partial charge in [0.15, 0.2) is 11.6 Å². The Bertz CT molecular complexity index is 238. The first-order chi connectivity index (χ1) is 4.61. The highest BCUT2D eigenvalue weighted by Crippen LogP contribution is 2.15. The van der Waals surface area contributed by atoms with Crippen molar-refractivity contribution in [2.45, 2.75) is 0 Å². The highest BCUT2D eigenvalue weighted by molar-refractivity contribution is 5.58. The summed E-state index contributed by atoms with van der Waals surface area (Å²) in [4.78, 5) is 3.08. The molecule has 0 saturated carbocycles. The molecule has 5 heteroatoms. The highest BCUT2D eigenvalue weighted by atomic mass is 19.1. The minimum absolute atomic E-state index is 0.318. The van der Waals surface area contributed by atoms with Gasteiger partial charge in [-0.3, -0.25) is 0 Å². The van der Waals surface area contributed by atoms with Crippen LogP contribution in [-0.2, 0) is 0 Å². The summed E-state index contributed by atoms with van der Waals surface area (Å²) in [5.74, 6) is -2.17. The van der Waals surface area contributed by atoms with Gasteiger partial charge in [0.1, 0.15) is 5.69 Å². The van der Waals surface area contributed by atoms with Gasteiger partial charge >= 0.3 is 0 Å². The number of nitrogens with zero attached hydrogens (tertiary/aromatic N) is 1. The van der Waals surface area contributed by atoms with Gasteiger partial charge in [0.05, 0.1) is 0 Å². The summed E-state index contributed by atoms with van der Waals surface area (Å²) in [7, 11) is 0. The highest BCUT2D eigenvalue weighted by Gasteiger charge is 2.05. The minimum atomic E-state index is -0.968. The lowest BCUT2D eigenvalue weighted by molar-refractivity contribution is 0.557. The van der Waals surface area contributed by atoms with E-state index in [4.69, 9.17) is 11.5 Å². The van der Waals surface area contributed by atoms with Gasteiger partial charge in [-0.1, -0.05) is 0 Å². The van der Waals surface area contributed by atoms with Crippen LogP contribution in [0.15, 0.2) is 6.07 Å². The number of halogens is 2. The third-order valence-electron chi connectivity index (χ3n) is 1.01. The molecule has 1 rings (SSSR count). The van der Waals surface area contributed by atoms with E-state index in [2.05, 4.69) is 4.98 Å². The van der Waals surface area contributed by atoms with E-state index in [0.717, 1.165) is 0 Å². The van der Waals surface area contributed by atoms with Crippen LogP contribution in [0.3, 0.4) is 0 Å². The maximum absolute atomic E-state index is 12.4. The number of nitrogens with two attached hydrogens (primary N) is 2. The van der Waals surface area contributed by atoms with Crippen LogP contribution in [0.4, 0.5) is 20.3 Å². The summed E-state index contributed by atoms with van der Waals surface area (Å²) >= 11 is 0. The Balaban J connectivity index is 3.31. The van der Waals surface area contributed by atoms with E-state index in [-0.39, 0.29) is 11.5 Å². The van der Waals surface area contributed by atoms with Gasteiger partial charge in [-0.25, -0.2) is 9.37 Å². The largest absolute Gasteiger partial charge is 0.393 e. The molecule has 10 heavy (non-hydrogen) atoms. The minimum Gasteiger partial charge on any atom is -0.393 e. The molecule has 0 amide bonds. The fourth-order valence-electron chi connectivity index (χ4n) is 0.512. The summed E-state index contributed by atoms with van der Waals surface area (Å²) in [6, 6.07) is 0.575. The molecular formula is C5H5F2N3. The Hall–Kier alpha value is -1.39. The van der Waals surface area contributed by atoms with E-state index in [1.807, 2.05) is 0 Å². The van der Waals surface area contributed by atoms with Gasteiger partial charge in [-0.05, 0) is 0 Å². The maximum Gasteiger partial charge on any atom is 0.217 e. The van der Waals surface area contributed by atoms with E-state index in [1.54, 1.807) is 0 Å². The number of pyridine rings is 1. The first-order valence-corrected chi connectivity index (χ1v) is 2.48. The van der Waals surface area contributed by atoms with Crippen molar-refractivity contribution in [2.24, 2.45) is 0 Å². The number of anilines is 2. The van der Waals surface area contributed by atoms with E-state index in [9.17, 15) is 8.78 Å². The SMILES string of the molecule is Nc1nc(F)cc(F)c1N. The Labute approximate surface area is 55.7 Å². The van der Waals surface area contributed by atoms with Gasteiger partial charge in [0.25, 0.3) is 0 Å². The third-order valence-corrected chi connectivity index (χ3v) is 1.01. The Kier molecular flexibility index (Phi) is 1.41. The molecule has 0 saturated heterocycles. The Morgan fingerprint density at radius 2 is 1.90 bits per heavy atom. The molecule has 0 unspecified atom stereocenters. The fourth-order valence-corrected chi connectivity index (χ4v) is 0.512. The lowest BCUT2D eigenvalue weighted by Crippen LogP contribution is -2.02. The van der Waals surface area contributed by atoms with Crippen molar-refractivity contribution >= 4 is 11.5 Å². The summed E-state index contributed by atoms with van der Waals surface area (Å²) in [5, 5.41) is 0. The summed E-state index contributed by atoms with van der Waals surface area (Å²) in [6.45, 7) is 0. The zero-order chi connectivity index (χ0) is 7.72. The van der Waals surface area contributed by atoms with Crippen LogP contribution in [0.1, 0.15) is 0 Å². The molecule has 1 heterocycles. The van der Waals surface area contributed by atoms with Crippen LogP contribution in [0, 0.1) is 11.8 Å². The topological polar surface area (TPSA) is 64.9 Å². The zero-order valence-electron chi connectivity index (χ0n) is 4.94. The Morgan fingerprint density at radius 3 is 2.40 bits per heavy atom. The molecule has 0 aromatic carbocycles. The molecule has 1 aromatic rings. The van der Waals surface area contributed by atoms with Gasteiger partial charge < -0.3 is 11.5 Å². The molecule has 0 atom stereocenters. The number of hydrogen-bond acceptors (Lipinski definition) is 3. The molecule has 0 bridgehead atoms. The lowest BCUT2D eigenvalue weighted by atomic mass is 10.4. The van der Waals surface area contributed by atoms with Crippen LogP contribution in [-0.4, -0.2) is 4.98 Å². The van der Waals surface area contributed by atoms with Crippen molar-refractivity contribution < 1.29 is 8.78 Å². The van der Waals surface area contributed by atoms with Crippen LogP contribution in [0.2, 0.25) is 0 Å². The predicted octanol–water partition coefficient (Wildman–Crippen LogP) is 0.524. The number of nitrogen functional groups attached to an aromatic ring is 2. The molecule has 0 radical (unpaired) electrons. The van der Waals surface area contributed by atoms with Crippen molar-refractivity contribution in [1.29, 1.82) is 0 Å². The number of aromatic nitrogens is 1. The average molecular weight is 145 g/mol. The monoisotopic (exact) mass is 145 g/mol. The molecule has 4 N–H and O–H groups in total. The van der Waals surface area contributed by atoms with Gasteiger partial charge in [0, 0.05) is 6.07 Å². The predicted molar refractivity (Wildman–Crippen MR) is 33.0 cm³/mol.